The van der Waals surface area contributed by atoms with Gasteiger partial charge in [-0.1, -0.05) is 77.0 Å². The van der Waals surface area contributed by atoms with Gasteiger partial charge in [0.1, 0.15) is 0 Å². The zero-order chi connectivity index (χ0) is 24.5. The fourth-order valence-corrected chi connectivity index (χ4v) is 5.85. The first-order chi connectivity index (χ1) is 16.5. The predicted octanol–water partition coefficient (Wildman–Crippen LogP) is 0.0200. The zero-order valence-corrected chi connectivity index (χ0v) is 29.2. The zero-order valence-electron chi connectivity index (χ0n) is 24.9. The summed E-state index contributed by atoms with van der Waals surface area (Å²) in [5.41, 5.74) is 0. The lowest BCUT2D eigenvalue weighted by Gasteiger charge is -2.41. The average Bonchev–Trinajstić information content (AvgIpc) is 2.86. The van der Waals surface area contributed by atoms with Crippen LogP contribution >= 0.6 is 0 Å². The summed E-state index contributed by atoms with van der Waals surface area (Å²) < 4.78 is 2.57. The van der Waals surface area contributed by atoms with Crippen LogP contribution in [0.3, 0.4) is 0 Å². The number of halogens is 2. The van der Waals surface area contributed by atoms with Gasteiger partial charge in [-0.05, 0) is 39.8 Å². The normalized spacial score (nSPS) is 20.0. The first-order valence-corrected chi connectivity index (χ1v) is 15.6. The monoisotopic (exact) mass is 734 g/mol. The third kappa shape index (κ3) is 16.4. The summed E-state index contributed by atoms with van der Waals surface area (Å²) in [6.45, 7) is 20.7. The number of likely N-dealkylation sites (N-methyl/N-ethyl adjacent to an activating group) is 2. The molecule has 2 saturated heterocycles. The van der Waals surface area contributed by atoms with Gasteiger partial charge in [0.05, 0.1) is 53.4 Å². The second-order valence-electron chi connectivity index (χ2n) is 12.4. The molecule has 0 spiro atoms. The van der Waals surface area contributed by atoms with Gasteiger partial charge in [0.2, 0.25) is 0 Å². The van der Waals surface area contributed by atoms with Crippen molar-refractivity contribution >= 4 is 0 Å². The summed E-state index contributed by atoms with van der Waals surface area (Å²) in [6.07, 6.45) is 20.5. The van der Waals surface area contributed by atoms with E-state index >= 15 is 0 Å². The van der Waals surface area contributed by atoms with Crippen molar-refractivity contribution in [2.45, 2.75) is 104 Å². The van der Waals surface area contributed by atoms with E-state index in [1.165, 1.54) is 177 Å². The number of quaternary nitrogens is 2. The van der Waals surface area contributed by atoms with E-state index in [2.05, 4.69) is 37.7 Å². The minimum absolute atomic E-state index is 0. The third-order valence-corrected chi connectivity index (χ3v) is 9.55. The number of hydrogen-bond donors (Lipinski definition) is 0. The molecule has 6 heteroatoms. The molecule has 0 aliphatic carbocycles. The number of piperazine rings is 2. The molecular formula is C30H64I2N4. The Morgan fingerprint density at radius 1 is 0.417 bits per heavy atom. The Hall–Kier alpha value is 1.30. The van der Waals surface area contributed by atoms with E-state index in [1.807, 2.05) is 0 Å². The topological polar surface area (TPSA) is 6.48 Å². The van der Waals surface area contributed by atoms with Gasteiger partial charge in [0.25, 0.3) is 0 Å². The number of rotatable bonds is 19. The summed E-state index contributed by atoms with van der Waals surface area (Å²) in [6, 6.07) is 0. The molecular weight excluding hydrogens is 670 g/mol. The molecule has 2 rings (SSSR count). The number of nitrogens with zero attached hydrogens (tertiary/aromatic N) is 4. The lowest BCUT2D eigenvalue weighted by molar-refractivity contribution is -0.911. The Morgan fingerprint density at radius 3 is 0.861 bits per heavy atom. The van der Waals surface area contributed by atoms with Crippen LogP contribution in [0.4, 0.5) is 0 Å². The summed E-state index contributed by atoms with van der Waals surface area (Å²) in [5, 5.41) is 0. The van der Waals surface area contributed by atoms with Gasteiger partial charge in [-0.2, -0.15) is 0 Å². The quantitative estimate of drug-likeness (QED) is 0.105. The van der Waals surface area contributed by atoms with Crippen molar-refractivity contribution in [3.63, 3.8) is 0 Å². The van der Waals surface area contributed by atoms with Crippen molar-refractivity contribution < 1.29 is 56.9 Å². The van der Waals surface area contributed by atoms with Crippen LogP contribution in [0.25, 0.3) is 0 Å². The van der Waals surface area contributed by atoms with Crippen LogP contribution in [0.5, 0.6) is 0 Å². The SMILES string of the molecule is CC[N+]1(C)CCN(CCCCCCCCCCCCCCCCN2CC[N+](C)(CC)CC2)CC1.[I-].[I-]. The molecule has 218 valence electrons. The van der Waals surface area contributed by atoms with Gasteiger partial charge < -0.3 is 56.9 Å². The summed E-state index contributed by atoms with van der Waals surface area (Å²) in [4.78, 5) is 5.43. The molecule has 0 saturated carbocycles. The lowest BCUT2D eigenvalue weighted by Crippen LogP contribution is -3.00. The molecule has 2 aliphatic rings. The van der Waals surface area contributed by atoms with Crippen molar-refractivity contribution in [1.29, 1.82) is 0 Å². The Labute approximate surface area is 261 Å². The Kier molecular flexibility index (Phi) is 22.8. The van der Waals surface area contributed by atoms with E-state index in [9.17, 15) is 0 Å². The summed E-state index contributed by atoms with van der Waals surface area (Å²) >= 11 is 0. The van der Waals surface area contributed by atoms with E-state index in [4.69, 9.17) is 0 Å². The smallest absolute Gasteiger partial charge is 0.0914 e. The highest BCUT2D eigenvalue weighted by molar-refractivity contribution is 4.64. The van der Waals surface area contributed by atoms with Crippen molar-refractivity contribution in [3.05, 3.63) is 0 Å². The van der Waals surface area contributed by atoms with Gasteiger partial charge in [0, 0.05) is 26.2 Å². The minimum atomic E-state index is 0. The molecule has 4 nitrogen and oxygen atoms in total. The molecule has 2 aliphatic heterocycles. The van der Waals surface area contributed by atoms with Crippen molar-refractivity contribution in [3.8, 4) is 0 Å². The van der Waals surface area contributed by atoms with Crippen molar-refractivity contribution in [1.82, 2.24) is 9.80 Å². The number of hydrogen-bond acceptors (Lipinski definition) is 2. The van der Waals surface area contributed by atoms with Crippen LogP contribution in [-0.4, -0.2) is 111 Å². The Balaban J connectivity index is 0.00000612. The number of unbranched alkanes of at least 4 members (excludes halogenated alkanes) is 13. The second kappa shape index (κ2) is 22.0. The molecule has 0 aromatic rings. The molecule has 0 N–H and O–H groups in total. The molecule has 0 aromatic carbocycles. The third-order valence-electron chi connectivity index (χ3n) is 9.55. The lowest BCUT2D eigenvalue weighted by atomic mass is 10.0. The molecule has 0 bridgehead atoms. The second-order valence-corrected chi connectivity index (χ2v) is 12.4. The highest BCUT2D eigenvalue weighted by Gasteiger charge is 2.27. The Bertz CT molecular complexity index is 445. The van der Waals surface area contributed by atoms with Gasteiger partial charge in [-0.15, -0.1) is 0 Å². The van der Waals surface area contributed by atoms with Gasteiger partial charge in [0.15, 0.2) is 0 Å². The molecule has 2 heterocycles. The van der Waals surface area contributed by atoms with Crippen molar-refractivity contribution in [2.24, 2.45) is 0 Å². The molecule has 0 atom stereocenters. The molecule has 0 unspecified atom stereocenters. The summed E-state index contributed by atoms with van der Waals surface area (Å²) in [5.74, 6) is 0. The average molecular weight is 735 g/mol. The van der Waals surface area contributed by atoms with Crippen LogP contribution in [0.2, 0.25) is 0 Å². The van der Waals surface area contributed by atoms with Crippen LogP contribution in [0, 0.1) is 0 Å². The Morgan fingerprint density at radius 2 is 0.639 bits per heavy atom. The van der Waals surface area contributed by atoms with Crippen LogP contribution in [0.1, 0.15) is 104 Å². The maximum atomic E-state index is 2.71. The predicted molar refractivity (Wildman–Crippen MR) is 150 cm³/mol. The summed E-state index contributed by atoms with van der Waals surface area (Å²) in [7, 11) is 4.85. The molecule has 36 heavy (non-hydrogen) atoms. The van der Waals surface area contributed by atoms with Gasteiger partial charge >= 0.3 is 0 Å². The highest BCUT2D eigenvalue weighted by Crippen LogP contribution is 2.15. The molecule has 0 amide bonds. The van der Waals surface area contributed by atoms with E-state index < -0.39 is 0 Å². The minimum Gasteiger partial charge on any atom is -1.00 e. The van der Waals surface area contributed by atoms with Crippen molar-refractivity contribution in [2.75, 3.05) is 92.6 Å². The van der Waals surface area contributed by atoms with E-state index in [0.717, 1.165) is 0 Å². The highest BCUT2D eigenvalue weighted by atomic mass is 127. The standard InChI is InChI=1S/C30H64N4.2HI/c1-5-33(3)27-23-31(24-28-33)21-19-17-15-13-11-9-7-8-10-12-14-16-18-20-22-32-25-29-34(4,6-2)30-26-32;;/h5-30H2,1-4H3;2*1H/q+2;;/p-2. The van der Waals surface area contributed by atoms with E-state index in [1.54, 1.807) is 0 Å². The molecule has 2 fully saturated rings. The molecule has 0 aromatic heterocycles. The first-order valence-electron chi connectivity index (χ1n) is 15.6. The van der Waals surface area contributed by atoms with Gasteiger partial charge in [-0.25, -0.2) is 0 Å². The van der Waals surface area contributed by atoms with E-state index in [-0.39, 0.29) is 48.0 Å². The fraction of sp³-hybridized carbons (Fsp3) is 1.00. The molecule has 0 radical (unpaired) electrons. The van der Waals surface area contributed by atoms with E-state index in [0.29, 0.717) is 0 Å². The first kappa shape index (κ1) is 37.3. The van der Waals surface area contributed by atoms with Gasteiger partial charge in [-0.3, -0.25) is 9.80 Å². The van der Waals surface area contributed by atoms with Crippen LogP contribution < -0.4 is 48.0 Å². The largest absolute Gasteiger partial charge is 1.00 e. The fourth-order valence-electron chi connectivity index (χ4n) is 5.85. The van der Waals surface area contributed by atoms with Crippen LogP contribution in [0.15, 0.2) is 0 Å². The maximum Gasteiger partial charge on any atom is 0.0914 e. The van der Waals surface area contributed by atoms with Crippen LogP contribution in [-0.2, 0) is 0 Å². The maximum absolute atomic E-state index is 2.71.